The third kappa shape index (κ3) is 4.22. The number of fused-ring (bicyclic) bond motifs is 11. The number of benzene rings is 7. The Kier molecular flexibility index (Phi) is 5.95. The molecule has 0 fully saturated rings. The summed E-state index contributed by atoms with van der Waals surface area (Å²) in [7, 11) is 0. The lowest BCUT2D eigenvalue weighted by Gasteiger charge is -2.30. The van der Waals surface area contributed by atoms with E-state index in [1.807, 2.05) is 29.5 Å². The number of nitrogens with zero attached hydrogens (tertiary/aromatic N) is 1. The Morgan fingerprint density at radius 1 is 0.460 bits per heavy atom. The minimum atomic E-state index is 0.908. The zero-order chi connectivity index (χ0) is 32.8. The highest BCUT2D eigenvalue weighted by molar-refractivity contribution is 7.25. The second-order valence-corrected chi connectivity index (χ2v) is 14.3. The zero-order valence-corrected chi connectivity index (χ0v) is 27.8. The highest BCUT2D eigenvalue weighted by atomic mass is 32.1. The smallest absolute Gasteiger partial charge is 0.136 e. The van der Waals surface area contributed by atoms with Gasteiger partial charge in [0.25, 0.3) is 0 Å². The van der Waals surface area contributed by atoms with Gasteiger partial charge in [-0.15, -0.1) is 11.3 Å². The van der Waals surface area contributed by atoms with Crippen molar-refractivity contribution in [2.45, 2.75) is 12.8 Å². The van der Waals surface area contributed by atoms with Crippen LogP contribution in [-0.2, 0) is 0 Å². The van der Waals surface area contributed by atoms with Gasteiger partial charge in [-0.3, -0.25) is 0 Å². The third-order valence-electron chi connectivity index (χ3n) is 10.4. The van der Waals surface area contributed by atoms with E-state index in [0.29, 0.717) is 0 Å². The zero-order valence-electron chi connectivity index (χ0n) is 27.0. The molecular weight excluding hydrogens is 631 g/mol. The number of furan rings is 2. The summed E-state index contributed by atoms with van der Waals surface area (Å²) in [5, 5.41) is 9.72. The molecule has 50 heavy (non-hydrogen) atoms. The van der Waals surface area contributed by atoms with E-state index >= 15 is 0 Å². The Labute approximate surface area is 291 Å². The average molecular weight is 660 g/mol. The minimum absolute atomic E-state index is 0.908. The molecule has 7 aromatic carbocycles. The lowest BCUT2D eigenvalue weighted by atomic mass is 9.92. The van der Waals surface area contributed by atoms with Gasteiger partial charge in [0.15, 0.2) is 0 Å². The molecule has 1 aliphatic rings. The van der Waals surface area contributed by atoms with E-state index in [0.717, 1.165) is 51.6 Å². The molecule has 0 spiro atoms. The van der Waals surface area contributed by atoms with Gasteiger partial charge in [-0.1, -0.05) is 84.9 Å². The molecule has 4 heteroatoms. The minimum Gasteiger partial charge on any atom is -0.456 e. The number of rotatable bonds is 4. The van der Waals surface area contributed by atoms with E-state index in [4.69, 9.17) is 8.83 Å². The van der Waals surface area contributed by atoms with Crippen LogP contribution in [0.5, 0.6) is 0 Å². The second kappa shape index (κ2) is 10.7. The summed E-state index contributed by atoms with van der Waals surface area (Å²) in [5.74, 6) is 0. The van der Waals surface area contributed by atoms with Crippen molar-refractivity contribution in [2.24, 2.45) is 0 Å². The van der Waals surface area contributed by atoms with E-state index < -0.39 is 0 Å². The summed E-state index contributed by atoms with van der Waals surface area (Å²) in [6.45, 7) is 0. The molecule has 1 aliphatic carbocycles. The molecule has 0 amide bonds. The fourth-order valence-corrected chi connectivity index (χ4v) is 9.12. The first-order chi connectivity index (χ1) is 24.7. The molecule has 0 saturated heterocycles. The largest absolute Gasteiger partial charge is 0.456 e. The Morgan fingerprint density at radius 3 is 2.02 bits per heavy atom. The summed E-state index contributed by atoms with van der Waals surface area (Å²) < 4.78 is 15.1. The maximum atomic E-state index is 6.22. The van der Waals surface area contributed by atoms with E-state index in [1.54, 1.807) is 0 Å². The van der Waals surface area contributed by atoms with Crippen molar-refractivity contribution in [3.05, 3.63) is 163 Å². The highest BCUT2D eigenvalue weighted by Gasteiger charge is 2.21. The van der Waals surface area contributed by atoms with Crippen LogP contribution in [-0.4, -0.2) is 0 Å². The van der Waals surface area contributed by atoms with Crippen LogP contribution in [0.25, 0.3) is 80.4 Å². The predicted molar refractivity (Wildman–Crippen MR) is 212 cm³/mol. The third-order valence-corrected chi connectivity index (χ3v) is 11.5. The van der Waals surface area contributed by atoms with Crippen LogP contribution in [0.4, 0.5) is 11.4 Å². The Morgan fingerprint density at radius 2 is 1.14 bits per heavy atom. The monoisotopic (exact) mass is 659 g/mol. The van der Waals surface area contributed by atoms with Crippen LogP contribution >= 0.6 is 11.3 Å². The van der Waals surface area contributed by atoms with E-state index in [2.05, 4.69) is 138 Å². The van der Waals surface area contributed by atoms with Crippen molar-refractivity contribution in [1.29, 1.82) is 0 Å². The fourth-order valence-electron chi connectivity index (χ4n) is 7.98. The lowest BCUT2D eigenvalue weighted by Crippen LogP contribution is -2.17. The van der Waals surface area contributed by atoms with Gasteiger partial charge < -0.3 is 13.7 Å². The normalized spacial score (nSPS) is 13.7. The van der Waals surface area contributed by atoms with Gasteiger partial charge in [-0.2, -0.15) is 0 Å². The van der Waals surface area contributed by atoms with Crippen LogP contribution in [0, 0.1) is 0 Å². The summed E-state index contributed by atoms with van der Waals surface area (Å²) in [5.41, 5.74) is 9.86. The number of thiophene rings is 1. The van der Waals surface area contributed by atoms with Gasteiger partial charge in [-0.25, -0.2) is 0 Å². The molecule has 3 aromatic heterocycles. The SMILES string of the molecule is C1=C(c2ccc3ccc4oc5ccccc5c4c3c2)CCC(N(c2ccc3c(c2)sc2ccccc23)c2ccc3oc4ccccc4c3c2)=C1. The standard InChI is InChI=1S/C46H29NO2S/c1-4-10-40-34(7-1)39-26-32(21-24-42(39)48-40)47(33-20-22-36-35-8-3-6-12-44(35)50-45(36)27-33)31-18-15-28(16-19-31)30-14-13-29-17-23-43-46(38(29)25-30)37-9-2-5-11-41(37)49-43/h1-15,17-18,20-27H,16,19H2. The van der Waals surface area contributed by atoms with Crippen molar-refractivity contribution in [3.8, 4) is 0 Å². The number of anilines is 2. The molecule has 0 radical (unpaired) electrons. The summed E-state index contributed by atoms with van der Waals surface area (Å²) in [4.78, 5) is 2.44. The molecular formula is C46H29NO2S. The Balaban J connectivity index is 1.06. The van der Waals surface area contributed by atoms with E-state index in [9.17, 15) is 0 Å². The van der Waals surface area contributed by atoms with Crippen molar-refractivity contribution < 1.29 is 8.83 Å². The number of para-hydroxylation sites is 2. The lowest BCUT2D eigenvalue weighted by molar-refractivity contribution is 0.668. The molecule has 0 bridgehead atoms. The fraction of sp³-hybridized carbons (Fsp3) is 0.0435. The van der Waals surface area contributed by atoms with Gasteiger partial charge in [-0.05, 0) is 101 Å². The van der Waals surface area contributed by atoms with Crippen LogP contribution < -0.4 is 4.90 Å². The van der Waals surface area contributed by atoms with E-state index in [1.165, 1.54) is 64.2 Å². The summed E-state index contributed by atoms with van der Waals surface area (Å²) in [6, 6.07) is 50.1. The first-order valence-electron chi connectivity index (χ1n) is 17.1. The molecule has 11 rings (SSSR count). The average Bonchev–Trinajstić information content (AvgIpc) is 3.86. The number of hydrogen-bond donors (Lipinski definition) is 0. The van der Waals surface area contributed by atoms with E-state index in [-0.39, 0.29) is 0 Å². The summed E-state index contributed by atoms with van der Waals surface area (Å²) in [6.07, 6.45) is 6.50. The van der Waals surface area contributed by atoms with Crippen LogP contribution in [0.15, 0.2) is 166 Å². The second-order valence-electron chi connectivity index (χ2n) is 13.2. The van der Waals surface area contributed by atoms with Crippen LogP contribution in [0.1, 0.15) is 18.4 Å². The topological polar surface area (TPSA) is 29.5 Å². The maximum absolute atomic E-state index is 6.22. The first kappa shape index (κ1) is 27.8. The number of allylic oxidation sites excluding steroid dienone is 4. The van der Waals surface area contributed by atoms with Gasteiger partial charge >= 0.3 is 0 Å². The molecule has 0 saturated carbocycles. The first-order valence-corrected chi connectivity index (χ1v) is 17.9. The molecule has 0 unspecified atom stereocenters. The maximum Gasteiger partial charge on any atom is 0.136 e. The van der Waals surface area contributed by atoms with Gasteiger partial charge in [0.1, 0.15) is 22.3 Å². The molecule has 0 atom stereocenters. The Hall–Kier alpha value is -6.10. The molecule has 236 valence electrons. The molecule has 0 N–H and O–H groups in total. The molecule has 3 nitrogen and oxygen atoms in total. The summed E-state index contributed by atoms with van der Waals surface area (Å²) >= 11 is 1.86. The van der Waals surface area contributed by atoms with Crippen molar-refractivity contribution in [1.82, 2.24) is 0 Å². The van der Waals surface area contributed by atoms with Crippen molar-refractivity contribution in [2.75, 3.05) is 4.90 Å². The van der Waals surface area contributed by atoms with Gasteiger partial charge in [0.2, 0.25) is 0 Å². The molecule has 3 heterocycles. The van der Waals surface area contributed by atoms with Gasteiger partial charge in [0, 0.05) is 58.8 Å². The van der Waals surface area contributed by atoms with Crippen LogP contribution in [0.2, 0.25) is 0 Å². The highest BCUT2D eigenvalue weighted by Crippen LogP contribution is 2.43. The quantitative estimate of drug-likeness (QED) is 0.188. The predicted octanol–water partition coefficient (Wildman–Crippen LogP) is 13.9. The Bertz CT molecular complexity index is 3060. The van der Waals surface area contributed by atoms with Gasteiger partial charge in [0.05, 0.1) is 0 Å². The van der Waals surface area contributed by atoms with Crippen LogP contribution in [0.3, 0.4) is 0 Å². The van der Waals surface area contributed by atoms with Crippen molar-refractivity contribution >= 4 is 103 Å². The number of hydrogen-bond acceptors (Lipinski definition) is 4. The molecule has 0 aliphatic heterocycles. The molecule has 10 aromatic rings. The van der Waals surface area contributed by atoms with Crippen molar-refractivity contribution in [3.63, 3.8) is 0 Å².